The number of nitrogens with zero attached hydrogens (tertiary/aromatic N) is 1. The van der Waals surface area contributed by atoms with Crippen molar-refractivity contribution in [1.29, 1.82) is 0 Å². The van der Waals surface area contributed by atoms with Gasteiger partial charge >= 0.3 is 35.6 Å². The van der Waals surface area contributed by atoms with Crippen LogP contribution in [-0.4, -0.2) is 11.3 Å². The fourth-order valence-electron chi connectivity index (χ4n) is 2.05. The number of para-hydroxylation sites is 1. The van der Waals surface area contributed by atoms with Crippen LogP contribution in [0.25, 0.3) is 0 Å². The second-order valence-electron chi connectivity index (χ2n) is 6.16. The summed E-state index contributed by atoms with van der Waals surface area (Å²) in [4.78, 5) is 4.42. The molecule has 0 aliphatic heterocycles. The van der Waals surface area contributed by atoms with Crippen LogP contribution in [0.5, 0.6) is 5.75 Å². The SMILES string of the molecule is Cc1ccc(N=Cc2cccc(C(C)(C)C)c2O)cc1.[Cl][Ti][Cl]. The van der Waals surface area contributed by atoms with Crippen molar-refractivity contribution in [3.63, 3.8) is 0 Å². The number of rotatable bonds is 2. The van der Waals surface area contributed by atoms with Gasteiger partial charge in [0.2, 0.25) is 0 Å². The zero-order chi connectivity index (χ0) is 17.5. The van der Waals surface area contributed by atoms with E-state index in [0.717, 1.165) is 16.8 Å². The number of hydrogen-bond acceptors (Lipinski definition) is 2. The van der Waals surface area contributed by atoms with Gasteiger partial charge in [-0.1, -0.05) is 50.6 Å². The molecule has 0 radical (unpaired) electrons. The molecule has 0 spiro atoms. The second-order valence-corrected chi connectivity index (χ2v) is 8.74. The van der Waals surface area contributed by atoms with Gasteiger partial charge in [-0.05, 0) is 36.1 Å². The van der Waals surface area contributed by atoms with Crippen LogP contribution in [0.1, 0.15) is 37.5 Å². The van der Waals surface area contributed by atoms with Gasteiger partial charge < -0.3 is 5.11 Å². The van der Waals surface area contributed by atoms with Crippen molar-refractivity contribution in [1.82, 2.24) is 0 Å². The molecule has 2 aromatic rings. The predicted octanol–water partition coefficient (Wildman–Crippen LogP) is 6.13. The molecule has 2 nitrogen and oxygen atoms in total. The van der Waals surface area contributed by atoms with Gasteiger partial charge in [-0.15, -0.1) is 0 Å². The molecule has 0 aliphatic rings. The normalized spacial score (nSPS) is 11.0. The number of phenolic OH excluding ortho intramolecular Hbond substituents is 1. The summed E-state index contributed by atoms with van der Waals surface area (Å²) in [6.45, 7) is 8.31. The van der Waals surface area contributed by atoms with Crippen molar-refractivity contribution in [2.75, 3.05) is 0 Å². The Morgan fingerprint density at radius 2 is 1.61 bits per heavy atom. The summed E-state index contributed by atoms with van der Waals surface area (Å²) in [7, 11) is 9.78. The zero-order valence-corrected chi connectivity index (χ0v) is 16.8. The van der Waals surface area contributed by atoms with Gasteiger partial charge in [0, 0.05) is 11.8 Å². The van der Waals surface area contributed by atoms with E-state index in [9.17, 15) is 5.11 Å². The molecule has 0 fully saturated rings. The average molecular weight is 386 g/mol. The summed E-state index contributed by atoms with van der Waals surface area (Å²) in [6.07, 6.45) is 1.72. The van der Waals surface area contributed by atoms with Crippen molar-refractivity contribution >= 4 is 30.5 Å². The first-order valence-corrected chi connectivity index (χ1v) is 11.5. The number of hydrogen-bond donors (Lipinski definition) is 1. The van der Waals surface area contributed by atoms with E-state index in [1.165, 1.54) is 5.56 Å². The Morgan fingerprint density at radius 3 is 2.13 bits per heavy atom. The third-order valence-electron chi connectivity index (χ3n) is 3.26. The molecular formula is C18H21Cl2NOTi. The molecule has 0 unspecified atom stereocenters. The Labute approximate surface area is 155 Å². The van der Waals surface area contributed by atoms with E-state index in [0.29, 0.717) is 5.75 Å². The van der Waals surface area contributed by atoms with E-state index in [-0.39, 0.29) is 5.41 Å². The molecule has 0 saturated heterocycles. The first-order chi connectivity index (χ1) is 10.8. The summed E-state index contributed by atoms with van der Waals surface area (Å²) in [5, 5.41) is 10.4. The Balaban J connectivity index is 0.000000816. The fourth-order valence-corrected chi connectivity index (χ4v) is 2.05. The summed E-state index contributed by atoms with van der Waals surface area (Å²) < 4.78 is 0. The molecule has 0 atom stereocenters. The first-order valence-electron chi connectivity index (χ1n) is 7.19. The van der Waals surface area contributed by atoms with Crippen molar-refractivity contribution in [2.24, 2.45) is 4.99 Å². The zero-order valence-electron chi connectivity index (χ0n) is 13.8. The molecule has 0 bridgehead atoms. The minimum atomic E-state index is -0.556. The molecule has 1 N–H and O–H groups in total. The van der Waals surface area contributed by atoms with Crippen molar-refractivity contribution in [2.45, 2.75) is 33.1 Å². The van der Waals surface area contributed by atoms with Crippen molar-refractivity contribution in [3.8, 4) is 5.75 Å². The first kappa shape index (κ1) is 20.2. The number of benzene rings is 2. The van der Waals surface area contributed by atoms with E-state index < -0.39 is 17.0 Å². The van der Waals surface area contributed by atoms with E-state index >= 15 is 0 Å². The van der Waals surface area contributed by atoms with Gasteiger partial charge in [0.25, 0.3) is 0 Å². The second kappa shape index (κ2) is 9.49. The fraction of sp³-hybridized carbons (Fsp3) is 0.278. The number of phenols is 1. The molecule has 0 aliphatic carbocycles. The predicted molar refractivity (Wildman–Crippen MR) is 96.9 cm³/mol. The molecular weight excluding hydrogens is 365 g/mol. The summed E-state index contributed by atoms with van der Waals surface area (Å²) >= 11 is -0.556. The van der Waals surface area contributed by atoms with Crippen LogP contribution in [-0.2, 0) is 22.4 Å². The molecule has 2 aromatic carbocycles. The Bertz CT molecular complexity index is 649. The van der Waals surface area contributed by atoms with E-state index in [4.69, 9.17) is 18.6 Å². The van der Waals surface area contributed by atoms with Gasteiger partial charge in [-0.2, -0.15) is 0 Å². The Hall–Kier alpha value is -0.796. The Kier molecular flexibility index (Phi) is 8.35. The Morgan fingerprint density at radius 1 is 1.04 bits per heavy atom. The van der Waals surface area contributed by atoms with E-state index in [1.807, 2.05) is 49.4 Å². The number of aliphatic imine (C=N–C) groups is 1. The van der Waals surface area contributed by atoms with Crippen LogP contribution in [0, 0.1) is 6.92 Å². The van der Waals surface area contributed by atoms with Gasteiger partial charge in [-0.3, -0.25) is 4.99 Å². The van der Waals surface area contributed by atoms with Crippen LogP contribution in [0.2, 0.25) is 0 Å². The van der Waals surface area contributed by atoms with Crippen LogP contribution >= 0.6 is 18.6 Å². The molecule has 0 heterocycles. The minimum absolute atomic E-state index is 0.0855. The average Bonchev–Trinajstić information content (AvgIpc) is 2.47. The number of halogens is 2. The van der Waals surface area contributed by atoms with Crippen LogP contribution in [0.15, 0.2) is 47.5 Å². The van der Waals surface area contributed by atoms with Crippen molar-refractivity contribution in [3.05, 3.63) is 59.2 Å². The topological polar surface area (TPSA) is 32.6 Å². The van der Waals surface area contributed by atoms with Crippen LogP contribution < -0.4 is 0 Å². The maximum absolute atomic E-state index is 10.4. The molecule has 0 aromatic heterocycles. The molecule has 0 saturated carbocycles. The van der Waals surface area contributed by atoms with Gasteiger partial charge in [0.15, 0.2) is 0 Å². The summed E-state index contributed by atoms with van der Waals surface area (Å²) in [5.74, 6) is 0.316. The molecule has 23 heavy (non-hydrogen) atoms. The van der Waals surface area contributed by atoms with Gasteiger partial charge in [-0.25, -0.2) is 0 Å². The standard InChI is InChI=1S/C18H21NO.2ClH.Ti/c1-13-8-10-15(11-9-13)19-12-14-6-5-7-16(17(14)20)18(2,3)4;;;/h5-12,20H,1-4H3;2*1H;/q;;;+2/p-2. The van der Waals surface area contributed by atoms with Gasteiger partial charge in [0.05, 0.1) is 5.69 Å². The number of aromatic hydroxyl groups is 1. The monoisotopic (exact) mass is 385 g/mol. The van der Waals surface area contributed by atoms with E-state index in [1.54, 1.807) is 6.21 Å². The van der Waals surface area contributed by atoms with Crippen molar-refractivity contribution < 1.29 is 22.1 Å². The summed E-state index contributed by atoms with van der Waals surface area (Å²) in [5.41, 5.74) is 3.69. The van der Waals surface area contributed by atoms with Crippen LogP contribution in [0.3, 0.4) is 0 Å². The third kappa shape index (κ3) is 6.68. The summed E-state index contributed by atoms with van der Waals surface area (Å²) in [6, 6.07) is 13.8. The third-order valence-corrected chi connectivity index (χ3v) is 3.26. The molecule has 0 amide bonds. The van der Waals surface area contributed by atoms with E-state index in [2.05, 4.69) is 25.8 Å². The number of aryl methyl sites for hydroxylation is 1. The molecule has 122 valence electrons. The molecule has 2 rings (SSSR count). The van der Waals surface area contributed by atoms with Crippen LogP contribution in [0.4, 0.5) is 5.69 Å². The maximum atomic E-state index is 10.4. The molecule has 5 heteroatoms. The van der Waals surface area contributed by atoms with Gasteiger partial charge in [0.1, 0.15) is 5.75 Å². The quantitative estimate of drug-likeness (QED) is 0.489.